The highest BCUT2D eigenvalue weighted by molar-refractivity contribution is 7.20. The Morgan fingerprint density at radius 1 is 1.03 bits per heavy atom. The first-order valence-corrected chi connectivity index (χ1v) is 13.8. The SMILES string of the molecule is COc1ccc2[nH]c3c(c2c1)CCN(C(=O)c1cc(Cl)sc1Cl)C3c1ccc(OCc2ccccc2)cc1. The van der Waals surface area contributed by atoms with Gasteiger partial charge in [-0.1, -0.05) is 65.7 Å². The van der Waals surface area contributed by atoms with Gasteiger partial charge in [0.05, 0.1) is 23.1 Å². The van der Waals surface area contributed by atoms with Crippen LogP contribution >= 0.6 is 34.5 Å². The molecule has 5 aromatic rings. The van der Waals surface area contributed by atoms with Gasteiger partial charge in [-0.3, -0.25) is 4.79 Å². The summed E-state index contributed by atoms with van der Waals surface area (Å²) in [6.45, 7) is 1.02. The molecule has 1 aliphatic rings. The molecule has 1 amide bonds. The average molecular weight is 564 g/mol. The number of nitrogens with zero attached hydrogens (tertiary/aromatic N) is 1. The highest BCUT2D eigenvalue weighted by Crippen LogP contribution is 2.42. The number of rotatable bonds is 6. The molecule has 192 valence electrons. The highest BCUT2D eigenvalue weighted by atomic mass is 35.5. The maximum atomic E-state index is 13.8. The van der Waals surface area contributed by atoms with Crippen molar-refractivity contribution in [3.8, 4) is 11.5 Å². The largest absolute Gasteiger partial charge is 0.497 e. The molecule has 0 saturated carbocycles. The fourth-order valence-electron chi connectivity index (χ4n) is 5.09. The number of nitrogens with one attached hydrogen (secondary N) is 1. The van der Waals surface area contributed by atoms with E-state index in [9.17, 15) is 4.79 Å². The number of carbonyl (C=O) groups is 1. The van der Waals surface area contributed by atoms with Crippen LogP contribution in [-0.4, -0.2) is 29.4 Å². The minimum absolute atomic E-state index is 0.144. The topological polar surface area (TPSA) is 54.6 Å². The van der Waals surface area contributed by atoms with Crippen LogP contribution in [0.25, 0.3) is 10.9 Å². The van der Waals surface area contributed by atoms with E-state index in [0.717, 1.165) is 39.2 Å². The summed E-state index contributed by atoms with van der Waals surface area (Å²) in [5.41, 5.74) is 5.69. The first-order valence-electron chi connectivity index (χ1n) is 12.2. The molecule has 3 aromatic carbocycles. The first-order chi connectivity index (χ1) is 18.5. The Balaban J connectivity index is 1.38. The molecule has 5 nitrogen and oxygen atoms in total. The molecule has 0 bridgehead atoms. The number of H-pyrrole nitrogens is 1. The molecule has 0 saturated heterocycles. The second-order valence-corrected chi connectivity index (χ2v) is 11.4. The van der Waals surface area contributed by atoms with E-state index in [-0.39, 0.29) is 11.9 Å². The van der Waals surface area contributed by atoms with Crippen LogP contribution < -0.4 is 9.47 Å². The van der Waals surface area contributed by atoms with Gasteiger partial charge < -0.3 is 19.4 Å². The molecule has 0 aliphatic carbocycles. The Hall–Kier alpha value is -3.45. The van der Waals surface area contributed by atoms with Crippen LogP contribution in [-0.2, 0) is 13.0 Å². The fraction of sp³-hybridized carbons (Fsp3) is 0.167. The van der Waals surface area contributed by atoms with Crippen molar-refractivity contribution in [2.45, 2.75) is 19.1 Å². The predicted octanol–water partition coefficient (Wildman–Crippen LogP) is 7.91. The molecular weight excluding hydrogens is 539 g/mol. The van der Waals surface area contributed by atoms with Gasteiger partial charge in [0.2, 0.25) is 0 Å². The summed E-state index contributed by atoms with van der Waals surface area (Å²) in [7, 11) is 1.67. The van der Waals surface area contributed by atoms with Gasteiger partial charge in [0, 0.05) is 23.1 Å². The van der Waals surface area contributed by atoms with E-state index in [1.165, 1.54) is 16.9 Å². The first kappa shape index (κ1) is 24.9. The normalized spacial score (nSPS) is 14.9. The van der Waals surface area contributed by atoms with Crippen molar-refractivity contribution in [3.63, 3.8) is 0 Å². The van der Waals surface area contributed by atoms with Crippen molar-refractivity contribution in [1.29, 1.82) is 0 Å². The van der Waals surface area contributed by atoms with E-state index in [4.69, 9.17) is 32.7 Å². The molecular formula is C30H24Cl2N2O3S. The monoisotopic (exact) mass is 562 g/mol. The maximum absolute atomic E-state index is 13.8. The molecule has 6 rings (SSSR count). The van der Waals surface area contributed by atoms with Gasteiger partial charge in [-0.25, -0.2) is 0 Å². The van der Waals surface area contributed by atoms with E-state index in [1.807, 2.05) is 71.6 Å². The lowest BCUT2D eigenvalue weighted by Gasteiger charge is -2.36. The van der Waals surface area contributed by atoms with E-state index >= 15 is 0 Å². The average Bonchev–Trinajstić information content (AvgIpc) is 3.49. The number of carbonyl (C=O) groups excluding carboxylic acids is 1. The number of methoxy groups -OCH3 is 1. The Kier molecular flexibility index (Phi) is 6.78. The van der Waals surface area contributed by atoms with Crippen LogP contribution in [0, 0.1) is 0 Å². The fourth-order valence-corrected chi connectivity index (χ4v) is 6.54. The summed E-state index contributed by atoms with van der Waals surface area (Å²) in [5, 5.41) is 1.11. The molecule has 1 unspecified atom stereocenters. The molecule has 2 aromatic heterocycles. The Morgan fingerprint density at radius 3 is 2.50 bits per heavy atom. The van der Waals surface area contributed by atoms with Gasteiger partial charge in [0.1, 0.15) is 22.4 Å². The number of benzene rings is 3. The van der Waals surface area contributed by atoms with Crippen molar-refractivity contribution in [2.75, 3.05) is 13.7 Å². The summed E-state index contributed by atoms with van der Waals surface area (Å²) in [6, 6.07) is 25.3. The number of halogens is 2. The minimum Gasteiger partial charge on any atom is -0.497 e. The summed E-state index contributed by atoms with van der Waals surface area (Å²) >= 11 is 13.8. The minimum atomic E-state index is -0.331. The van der Waals surface area contributed by atoms with Crippen molar-refractivity contribution in [1.82, 2.24) is 9.88 Å². The van der Waals surface area contributed by atoms with Gasteiger partial charge in [0.25, 0.3) is 5.91 Å². The summed E-state index contributed by atoms with van der Waals surface area (Å²) in [4.78, 5) is 19.3. The number of hydrogen-bond donors (Lipinski definition) is 1. The zero-order chi connectivity index (χ0) is 26.2. The van der Waals surface area contributed by atoms with Gasteiger partial charge in [-0.15, -0.1) is 11.3 Å². The molecule has 3 heterocycles. The molecule has 1 atom stereocenters. The van der Waals surface area contributed by atoms with Crippen LogP contribution in [0.4, 0.5) is 0 Å². The van der Waals surface area contributed by atoms with Crippen LogP contribution in [0.5, 0.6) is 11.5 Å². The van der Waals surface area contributed by atoms with E-state index in [2.05, 4.69) is 11.1 Å². The third-order valence-electron chi connectivity index (χ3n) is 6.93. The zero-order valence-corrected chi connectivity index (χ0v) is 22.9. The van der Waals surface area contributed by atoms with Crippen LogP contribution in [0.2, 0.25) is 8.67 Å². The van der Waals surface area contributed by atoms with Crippen molar-refractivity contribution < 1.29 is 14.3 Å². The van der Waals surface area contributed by atoms with Crippen molar-refractivity contribution in [3.05, 3.63) is 115 Å². The number of hydrogen-bond acceptors (Lipinski definition) is 4. The van der Waals surface area contributed by atoms with E-state index < -0.39 is 0 Å². The van der Waals surface area contributed by atoms with E-state index in [0.29, 0.717) is 33.8 Å². The van der Waals surface area contributed by atoms with Crippen molar-refractivity contribution in [2.24, 2.45) is 0 Å². The smallest absolute Gasteiger partial charge is 0.257 e. The Labute approximate surface area is 234 Å². The number of ether oxygens (including phenoxy) is 2. The van der Waals surface area contributed by atoms with Crippen LogP contribution in [0.1, 0.15) is 38.8 Å². The lowest BCUT2D eigenvalue weighted by Crippen LogP contribution is -2.40. The number of aromatic amines is 1. The molecule has 1 aliphatic heterocycles. The van der Waals surface area contributed by atoms with E-state index in [1.54, 1.807) is 13.2 Å². The molecule has 1 N–H and O–H groups in total. The van der Waals surface area contributed by atoms with Crippen molar-refractivity contribution >= 4 is 51.3 Å². The number of amides is 1. The quantitative estimate of drug-likeness (QED) is 0.228. The Morgan fingerprint density at radius 2 is 1.79 bits per heavy atom. The molecule has 0 spiro atoms. The van der Waals surface area contributed by atoms with Gasteiger partial charge in [0.15, 0.2) is 0 Å². The lowest BCUT2D eigenvalue weighted by atomic mass is 9.91. The standard InChI is InChI=1S/C30H24Cl2N2O3S/c1-36-21-11-12-25-23(15-21)22-13-14-34(30(35)24-16-26(31)38-29(24)32)28(27(22)33-25)19-7-9-20(10-8-19)37-17-18-5-3-2-4-6-18/h2-12,15-16,28,33H,13-14,17H2,1H3. The third-order valence-corrected chi connectivity index (χ3v) is 8.41. The predicted molar refractivity (Wildman–Crippen MR) is 153 cm³/mol. The molecule has 0 fully saturated rings. The van der Waals surface area contributed by atoms with Gasteiger partial charge in [-0.05, 0) is 59.5 Å². The van der Waals surface area contributed by atoms with Gasteiger partial charge >= 0.3 is 0 Å². The maximum Gasteiger partial charge on any atom is 0.257 e. The summed E-state index contributed by atoms with van der Waals surface area (Å²) in [6.07, 6.45) is 0.707. The number of aromatic nitrogens is 1. The molecule has 0 radical (unpaired) electrons. The molecule has 38 heavy (non-hydrogen) atoms. The zero-order valence-electron chi connectivity index (χ0n) is 20.5. The van der Waals surface area contributed by atoms with Crippen LogP contribution in [0.15, 0.2) is 78.9 Å². The second kappa shape index (κ2) is 10.4. The number of thiophene rings is 1. The number of fused-ring (bicyclic) bond motifs is 3. The summed E-state index contributed by atoms with van der Waals surface area (Å²) < 4.78 is 12.4. The lowest BCUT2D eigenvalue weighted by molar-refractivity contribution is 0.0692. The highest BCUT2D eigenvalue weighted by Gasteiger charge is 2.36. The Bertz CT molecular complexity index is 1610. The van der Waals surface area contributed by atoms with Crippen LogP contribution in [0.3, 0.4) is 0 Å². The molecule has 8 heteroatoms. The second-order valence-electron chi connectivity index (χ2n) is 9.16. The third kappa shape index (κ3) is 4.64. The summed E-state index contributed by atoms with van der Waals surface area (Å²) in [5.74, 6) is 1.42. The van der Waals surface area contributed by atoms with Gasteiger partial charge in [-0.2, -0.15) is 0 Å².